The molecule has 1 aromatic heterocycles. The molecular weight excluding hydrogens is 293 g/mol. The van der Waals surface area contributed by atoms with E-state index in [0.29, 0.717) is 17.5 Å². The van der Waals surface area contributed by atoms with E-state index >= 15 is 0 Å². The van der Waals surface area contributed by atoms with Crippen LogP contribution in [0.4, 0.5) is 30.5 Å². The Morgan fingerprint density at radius 2 is 1.68 bits per heavy atom. The molecule has 118 valence electrons. The van der Waals surface area contributed by atoms with Crippen LogP contribution in [0.3, 0.4) is 0 Å². The Bertz CT molecular complexity index is 653. The van der Waals surface area contributed by atoms with Crippen molar-refractivity contribution in [3.63, 3.8) is 0 Å². The first kappa shape index (κ1) is 16.1. The summed E-state index contributed by atoms with van der Waals surface area (Å²) in [7, 11) is 0. The van der Waals surface area contributed by atoms with Gasteiger partial charge in [0, 0.05) is 12.1 Å². The predicted octanol–water partition coefficient (Wildman–Crippen LogP) is 4.37. The first-order valence-electron chi connectivity index (χ1n) is 6.81. The van der Waals surface area contributed by atoms with Crippen LogP contribution in [0.5, 0.6) is 0 Å². The highest BCUT2D eigenvalue weighted by Gasteiger charge is 2.33. The molecule has 0 radical (unpaired) electrons. The predicted molar refractivity (Wildman–Crippen MR) is 80.3 cm³/mol. The second-order valence-corrected chi connectivity index (χ2v) is 5.15. The number of alkyl halides is 3. The number of hydrogen-bond donors (Lipinski definition) is 2. The molecule has 0 atom stereocenters. The fraction of sp³-hybridized carbons (Fsp3) is 0.333. The highest BCUT2D eigenvalue weighted by Crippen LogP contribution is 2.35. The van der Waals surface area contributed by atoms with Gasteiger partial charge in [-0.3, -0.25) is 0 Å². The fourth-order valence-corrected chi connectivity index (χ4v) is 1.98. The summed E-state index contributed by atoms with van der Waals surface area (Å²) in [5.74, 6) is 1.35. The number of aromatic nitrogens is 2. The van der Waals surface area contributed by atoms with Crippen LogP contribution in [0, 0.1) is 6.92 Å². The zero-order valence-corrected chi connectivity index (χ0v) is 12.5. The van der Waals surface area contributed by atoms with Gasteiger partial charge >= 0.3 is 6.18 Å². The standard InChI is InChI=1S/C15H17F3N4/c1-9(2)19-13-8-14(21-10(3)20-13)22-12-7-5-4-6-11(12)15(16,17)18/h4-9H,1-3H3,(H2,19,20,21,22). The summed E-state index contributed by atoms with van der Waals surface area (Å²) in [6, 6.07) is 7.04. The minimum Gasteiger partial charge on any atom is -0.368 e. The van der Waals surface area contributed by atoms with Crippen LogP contribution in [0.2, 0.25) is 0 Å². The Hall–Kier alpha value is -2.31. The van der Waals surface area contributed by atoms with E-state index in [0.717, 1.165) is 6.07 Å². The second kappa shape index (κ2) is 6.21. The van der Waals surface area contributed by atoms with E-state index in [-0.39, 0.29) is 11.7 Å². The Balaban J connectivity index is 2.34. The maximum Gasteiger partial charge on any atom is 0.418 e. The number of halogens is 3. The number of hydrogen-bond acceptors (Lipinski definition) is 4. The molecule has 7 heteroatoms. The summed E-state index contributed by atoms with van der Waals surface area (Å²) in [6.07, 6.45) is -4.43. The molecule has 22 heavy (non-hydrogen) atoms. The van der Waals surface area contributed by atoms with Gasteiger partial charge in [0.15, 0.2) is 0 Å². The van der Waals surface area contributed by atoms with E-state index in [9.17, 15) is 13.2 Å². The molecule has 1 aromatic carbocycles. The van der Waals surface area contributed by atoms with Gasteiger partial charge in [-0.25, -0.2) is 9.97 Å². The van der Waals surface area contributed by atoms with Crippen LogP contribution in [0.15, 0.2) is 30.3 Å². The normalized spacial score (nSPS) is 11.6. The van der Waals surface area contributed by atoms with E-state index in [1.807, 2.05) is 13.8 Å². The molecule has 0 saturated heterocycles. The van der Waals surface area contributed by atoms with Crippen LogP contribution < -0.4 is 10.6 Å². The Morgan fingerprint density at radius 3 is 2.32 bits per heavy atom. The number of benzene rings is 1. The summed E-state index contributed by atoms with van der Waals surface area (Å²) >= 11 is 0. The molecule has 0 aliphatic heterocycles. The highest BCUT2D eigenvalue weighted by atomic mass is 19.4. The average Bonchev–Trinajstić information content (AvgIpc) is 2.36. The van der Waals surface area contributed by atoms with Crippen molar-refractivity contribution in [1.82, 2.24) is 9.97 Å². The number of para-hydroxylation sites is 1. The summed E-state index contributed by atoms with van der Waals surface area (Å²) in [4.78, 5) is 8.33. The minimum atomic E-state index is -4.43. The van der Waals surface area contributed by atoms with Gasteiger partial charge in [-0.15, -0.1) is 0 Å². The lowest BCUT2D eigenvalue weighted by atomic mass is 10.1. The lowest BCUT2D eigenvalue weighted by Gasteiger charge is -2.15. The van der Waals surface area contributed by atoms with Gasteiger partial charge in [-0.1, -0.05) is 12.1 Å². The van der Waals surface area contributed by atoms with Crippen molar-refractivity contribution in [2.75, 3.05) is 10.6 Å². The zero-order chi connectivity index (χ0) is 16.3. The summed E-state index contributed by atoms with van der Waals surface area (Å²) in [6.45, 7) is 5.58. The van der Waals surface area contributed by atoms with Crippen molar-refractivity contribution in [3.05, 3.63) is 41.7 Å². The van der Waals surface area contributed by atoms with Gasteiger partial charge in [-0.05, 0) is 32.9 Å². The van der Waals surface area contributed by atoms with Crippen molar-refractivity contribution in [3.8, 4) is 0 Å². The lowest BCUT2D eigenvalue weighted by Crippen LogP contribution is -2.13. The van der Waals surface area contributed by atoms with Crippen molar-refractivity contribution in [1.29, 1.82) is 0 Å². The third-order valence-electron chi connectivity index (χ3n) is 2.77. The average molecular weight is 310 g/mol. The molecule has 2 aromatic rings. The molecular formula is C15H17F3N4. The Labute approximate surface area is 126 Å². The fourth-order valence-electron chi connectivity index (χ4n) is 1.98. The van der Waals surface area contributed by atoms with Gasteiger partial charge in [0.05, 0.1) is 11.3 Å². The number of anilines is 3. The maximum atomic E-state index is 13.0. The van der Waals surface area contributed by atoms with Crippen LogP contribution in [0.25, 0.3) is 0 Å². The number of nitrogens with one attached hydrogen (secondary N) is 2. The monoisotopic (exact) mass is 310 g/mol. The van der Waals surface area contributed by atoms with Crippen molar-refractivity contribution >= 4 is 17.3 Å². The van der Waals surface area contributed by atoms with Gasteiger partial charge in [0.25, 0.3) is 0 Å². The molecule has 4 nitrogen and oxygen atoms in total. The summed E-state index contributed by atoms with van der Waals surface area (Å²) in [5.41, 5.74) is -0.770. The Morgan fingerprint density at radius 1 is 1.05 bits per heavy atom. The molecule has 2 rings (SSSR count). The molecule has 1 heterocycles. The SMILES string of the molecule is Cc1nc(Nc2ccccc2C(F)(F)F)cc(NC(C)C)n1. The molecule has 2 N–H and O–H groups in total. The molecule has 0 unspecified atom stereocenters. The molecule has 0 aliphatic carbocycles. The zero-order valence-electron chi connectivity index (χ0n) is 12.5. The van der Waals surface area contributed by atoms with E-state index in [1.54, 1.807) is 19.1 Å². The summed E-state index contributed by atoms with van der Waals surface area (Å²) < 4.78 is 39.0. The van der Waals surface area contributed by atoms with Gasteiger partial charge < -0.3 is 10.6 Å². The van der Waals surface area contributed by atoms with Crippen LogP contribution in [0.1, 0.15) is 25.2 Å². The van der Waals surface area contributed by atoms with Crippen molar-refractivity contribution < 1.29 is 13.2 Å². The molecule has 0 aliphatic rings. The highest BCUT2D eigenvalue weighted by molar-refractivity contribution is 5.63. The molecule has 0 spiro atoms. The third-order valence-corrected chi connectivity index (χ3v) is 2.77. The van der Waals surface area contributed by atoms with E-state index in [2.05, 4.69) is 20.6 Å². The quantitative estimate of drug-likeness (QED) is 0.880. The number of nitrogens with zero attached hydrogens (tertiary/aromatic N) is 2. The molecule has 0 fully saturated rings. The second-order valence-electron chi connectivity index (χ2n) is 5.15. The van der Waals surface area contributed by atoms with E-state index in [4.69, 9.17) is 0 Å². The molecule has 0 saturated carbocycles. The van der Waals surface area contributed by atoms with Gasteiger partial charge in [0.1, 0.15) is 17.5 Å². The van der Waals surface area contributed by atoms with Crippen LogP contribution >= 0.6 is 0 Å². The van der Waals surface area contributed by atoms with E-state index in [1.165, 1.54) is 12.1 Å². The number of aryl methyl sites for hydroxylation is 1. The topological polar surface area (TPSA) is 49.8 Å². The van der Waals surface area contributed by atoms with Gasteiger partial charge in [0.2, 0.25) is 0 Å². The molecule has 0 bridgehead atoms. The molecule has 0 amide bonds. The van der Waals surface area contributed by atoms with Crippen molar-refractivity contribution in [2.45, 2.75) is 33.0 Å². The van der Waals surface area contributed by atoms with Crippen molar-refractivity contribution in [2.24, 2.45) is 0 Å². The summed E-state index contributed by atoms with van der Waals surface area (Å²) in [5, 5.41) is 5.83. The maximum absolute atomic E-state index is 13.0. The van der Waals surface area contributed by atoms with E-state index < -0.39 is 11.7 Å². The first-order chi connectivity index (χ1) is 10.3. The number of rotatable bonds is 4. The Kier molecular flexibility index (Phi) is 4.54. The van der Waals surface area contributed by atoms with Gasteiger partial charge in [-0.2, -0.15) is 13.2 Å². The largest absolute Gasteiger partial charge is 0.418 e. The van der Waals surface area contributed by atoms with Crippen LogP contribution in [-0.2, 0) is 6.18 Å². The first-order valence-corrected chi connectivity index (χ1v) is 6.81. The minimum absolute atomic E-state index is 0.0383. The lowest BCUT2D eigenvalue weighted by molar-refractivity contribution is -0.136. The smallest absolute Gasteiger partial charge is 0.368 e. The van der Waals surface area contributed by atoms with Crippen LogP contribution in [-0.4, -0.2) is 16.0 Å². The third kappa shape index (κ3) is 4.09.